The molecule has 0 bridgehead atoms. The molecule has 4 rings (SSSR count). The number of methoxy groups -OCH3 is 3. The van der Waals surface area contributed by atoms with E-state index in [0.717, 1.165) is 0 Å². The minimum Gasteiger partial charge on any atom is -0.495 e. The topological polar surface area (TPSA) is 112 Å². The lowest BCUT2D eigenvalue weighted by Gasteiger charge is -2.28. The Kier molecular flexibility index (Phi) is 5.87. The van der Waals surface area contributed by atoms with E-state index in [9.17, 15) is 4.79 Å². The van der Waals surface area contributed by atoms with Crippen molar-refractivity contribution in [1.29, 1.82) is 0 Å². The van der Waals surface area contributed by atoms with Gasteiger partial charge in [0.15, 0.2) is 11.5 Å². The lowest BCUT2D eigenvalue weighted by Crippen LogP contribution is -2.31. The number of tetrazole rings is 1. The van der Waals surface area contributed by atoms with Gasteiger partial charge in [-0.15, -0.1) is 0 Å². The largest absolute Gasteiger partial charge is 0.495 e. The van der Waals surface area contributed by atoms with Gasteiger partial charge in [-0.2, -0.15) is 4.68 Å². The van der Waals surface area contributed by atoms with Gasteiger partial charge in [0.1, 0.15) is 11.8 Å². The zero-order valence-electron chi connectivity index (χ0n) is 17.8. The number of halogens is 1. The second kappa shape index (κ2) is 8.75. The van der Waals surface area contributed by atoms with Crippen LogP contribution in [-0.4, -0.2) is 47.4 Å². The van der Waals surface area contributed by atoms with E-state index in [4.69, 9.17) is 25.8 Å². The number of rotatable bonds is 6. The van der Waals surface area contributed by atoms with Crippen molar-refractivity contribution in [2.75, 3.05) is 32.0 Å². The van der Waals surface area contributed by atoms with Crippen molar-refractivity contribution in [3.05, 3.63) is 58.3 Å². The van der Waals surface area contributed by atoms with Gasteiger partial charge in [-0.05, 0) is 47.2 Å². The van der Waals surface area contributed by atoms with E-state index in [1.54, 1.807) is 38.3 Å². The number of para-hydroxylation sites is 2. The highest BCUT2D eigenvalue weighted by molar-refractivity contribution is 6.32. The molecule has 3 aromatic rings. The second-order valence-electron chi connectivity index (χ2n) is 6.91. The van der Waals surface area contributed by atoms with Crippen molar-refractivity contribution in [3.8, 4) is 17.2 Å². The van der Waals surface area contributed by atoms with E-state index in [0.29, 0.717) is 50.7 Å². The number of nitrogens with one attached hydrogen (secondary N) is 2. The molecule has 1 aliphatic rings. The van der Waals surface area contributed by atoms with Crippen LogP contribution in [0.4, 0.5) is 11.6 Å². The SMILES string of the molecule is COc1ccccc1NC(=O)C1=C(C)Nc2nnnn2C1c1cc(Cl)c(OC)c(OC)c1. The molecule has 1 amide bonds. The summed E-state index contributed by atoms with van der Waals surface area (Å²) in [5.74, 6) is 1.40. The minimum atomic E-state index is -0.673. The molecule has 0 saturated heterocycles. The van der Waals surface area contributed by atoms with Gasteiger partial charge < -0.3 is 24.8 Å². The molecule has 1 aliphatic heterocycles. The summed E-state index contributed by atoms with van der Waals surface area (Å²) < 4.78 is 17.7. The number of nitrogens with zero attached hydrogens (tertiary/aromatic N) is 4. The maximum Gasteiger partial charge on any atom is 0.255 e. The van der Waals surface area contributed by atoms with Crippen LogP contribution in [0.3, 0.4) is 0 Å². The monoisotopic (exact) mass is 456 g/mol. The molecule has 0 radical (unpaired) electrons. The number of hydrogen-bond donors (Lipinski definition) is 2. The van der Waals surface area contributed by atoms with E-state index >= 15 is 0 Å². The molecule has 2 N–H and O–H groups in total. The van der Waals surface area contributed by atoms with Crippen LogP contribution in [0.25, 0.3) is 0 Å². The molecule has 1 aromatic heterocycles. The predicted molar refractivity (Wildman–Crippen MR) is 118 cm³/mol. The summed E-state index contributed by atoms with van der Waals surface area (Å²) in [7, 11) is 4.56. The summed E-state index contributed by atoms with van der Waals surface area (Å²) in [5.41, 5.74) is 2.17. The summed E-state index contributed by atoms with van der Waals surface area (Å²) in [5, 5.41) is 18.2. The zero-order valence-corrected chi connectivity index (χ0v) is 18.6. The maximum atomic E-state index is 13.5. The summed E-state index contributed by atoms with van der Waals surface area (Å²) in [6, 6.07) is 9.93. The van der Waals surface area contributed by atoms with Crippen molar-refractivity contribution in [2.24, 2.45) is 0 Å². The first-order valence-corrected chi connectivity index (χ1v) is 9.97. The minimum absolute atomic E-state index is 0.331. The number of carbonyl (C=O) groups is 1. The molecule has 1 unspecified atom stereocenters. The van der Waals surface area contributed by atoms with Crippen LogP contribution >= 0.6 is 11.6 Å². The van der Waals surface area contributed by atoms with Crippen molar-refractivity contribution in [1.82, 2.24) is 20.2 Å². The molecular weight excluding hydrogens is 436 g/mol. The van der Waals surface area contributed by atoms with Gasteiger partial charge >= 0.3 is 0 Å². The first-order chi connectivity index (χ1) is 15.5. The summed E-state index contributed by atoms with van der Waals surface area (Å²) in [6.45, 7) is 1.78. The predicted octanol–water partition coefficient (Wildman–Crippen LogP) is 3.28. The first kappa shape index (κ1) is 21.4. The van der Waals surface area contributed by atoms with Gasteiger partial charge in [-0.25, -0.2) is 0 Å². The summed E-state index contributed by atoms with van der Waals surface area (Å²) >= 11 is 6.45. The Balaban J connectivity index is 1.82. The van der Waals surface area contributed by atoms with Gasteiger partial charge in [-0.1, -0.05) is 28.8 Å². The fourth-order valence-corrected chi connectivity index (χ4v) is 3.94. The fourth-order valence-electron chi connectivity index (χ4n) is 3.65. The van der Waals surface area contributed by atoms with Crippen molar-refractivity contribution in [3.63, 3.8) is 0 Å². The van der Waals surface area contributed by atoms with Crippen molar-refractivity contribution < 1.29 is 19.0 Å². The summed E-state index contributed by atoms with van der Waals surface area (Å²) in [4.78, 5) is 13.5. The van der Waals surface area contributed by atoms with E-state index in [1.807, 2.05) is 12.1 Å². The number of benzene rings is 2. The van der Waals surface area contributed by atoms with Crippen molar-refractivity contribution in [2.45, 2.75) is 13.0 Å². The summed E-state index contributed by atoms with van der Waals surface area (Å²) in [6.07, 6.45) is 0. The van der Waals surface area contributed by atoms with Crippen molar-refractivity contribution >= 4 is 29.1 Å². The van der Waals surface area contributed by atoms with Gasteiger partial charge in [-0.3, -0.25) is 4.79 Å². The highest BCUT2D eigenvalue weighted by Crippen LogP contribution is 2.42. The number of allylic oxidation sites excluding steroid dienone is 1. The number of fused-ring (bicyclic) bond motifs is 1. The number of carbonyl (C=O) groups excluding carboxylic acids is 1. The highest BCUT2D eigenvalue weighted by Gasteiger charge is 2.35. The molecule has 0 fully saturated rings. The third kappa shape index (κ3) is 3.69. The van der Waals surface area contributed by atoms with Gasteiger partial charge in [0, 0.05) is 5.70 Å². The van der Waals surface area contributed by atoms with Crippen LogP contribution in [0.2, 0.25) is 5.02 Å². The standard InChI is InChI=1S/C21H21ClN6O4/c1-11-17(20(29)24-14-7-5-6-8-15(14)30-2)18(28-21(23-11)25-26-27-28)12-9-13(22)19(32-4)16(10-12)31-3/h5-10,18H,1-4H3,(H,24,29)(H,23,25,27). The van der Waals surface area contributed by atoms with Crippen LogP contribution in [0.1, 0.15) is 18.5 Å². The van der Waals surface area contributed by atoms with Crippen LogP contribution in [0.5, 0.6) is 17.2 Å². The molecular formula is C21H21ClN6O4. The van der Waals surface area contributed by atoms with Gasteiger partial charge in [0.2, 0.25) is 5.95 Å². The number of hydrogen-bond acceptors (Lipinski definition) is 8. The zero-order chi connectivity index (χ0) is 22.8. The molecule has 0 spiro atoms. The van der Waals surface area contributed by atoms with Gasteiger partial charge in [0.25, 0.3) is 5.91 Å². The second-order valence-corrected chi connectivity index (χ2v) is 7.31. The lowest BCUT2D eigenvalue weighted by molar-refractivity contribution is -0.113. The molecule has 0 aliphatic carbocycles. The molecule has 2 aromatic carbocycles. The molecule has 2 heterocycles. The van der Waals surface area contributed by atoms with Crippen LogP contribution in [0, 0.1) is 0 Å². The number of aromatic nitrogens is 4. The first-order valence-electron chi connectivity index (χ1n) is 9.60. The smallest absolute Gasteiger partial charge is 0.255 e. The molecule has 166 valence electrons. The van der Waals surface area contributed by atoms with Crippen LogP contribution < -0.4 is 24.8 Å². The third-order valence-electron chi connectivity index (χ3n) is 5.09. The Labute approximate surface area is 189 Å². The normalized spacial score (nSPS) is 15.0. The quantitative estimate of drug-likeness (QED) is 0.581. The average molecular weight is 457 g/mol. The van der Waals surface area contributed by atoms with E-state index in [1.165, 1.54) is 18.9 Å². The van der Waals surface area contributed by atoms with E-state index < -0.39 is 6.04 Å². The Morgan fingerprint density at radius 2 is 1.88 bits per heavy atom. The third-order valence-corrected chi connectivity index (χ3v) is 5.37. The molecule has 0 saturated carbocycles. The fraction of sp³-hybridized carbons (Fsp3) is 0.238. The van der Waals surface area contributed by atoms with E-state index in [-0.39, 0.29) is 5.91 Å². The maximum absolute atomic E-state index is 13.5. The van der Waals surface area contributed by atoms with E-state index in [2.05, 4.69) is 26.2 Å². The van der Waals surface area contributed by atoms with Gasteiger partial charge in [0.05, 0.1) is 37.6 Å². The number of ether oxygens (including phenoxy) is 3. The number of amides is 1. The molecule has 1 atom stereocenters. The molecule has 10 nitrogen and oxygen atoms in total. The Bertz CT molecular complexity index is 1210. The highest BCUT2D eigenvalue weighted by atomic mass is 35.5. The molecule has 32 heavy (non-hydrogen) atoms. The Morgan fingerprint density at radius 1 is 1.12 bits per heavy atom. The Morgan fingerprint density at radius 3 is 2.59 bits per heavy atom. The van der Waals surface area contributed by atoms with Crippen LogP contribution in [0.15, 0.2) is 47.7 Å². The Hall–Kier alpha value is -3.79. The lowest BCUT2D eigenvalue weighted by atomic mass is 9.94. The average Bonchev–Trinajstić information content (AvgIpc) is 3.25. The number of anilines is 2. The van der Waals surface area contributed by atoms with Crippen LogP contribution in [-0.2, 0) is 4.79 Å². The molecule has 11 heteroatoms.